The Morgan fingerprint density at radius 3 is 2.54 bits per heavy atom. The summed E-state index contributed by atoms with van der Waals surface area (Å²) in [6, 6.07) is 14.2. The number of furan rings is 1. The third-order valence-corrected chi connectivity index (χ3v) is 4.75. The summed E-state index contributed by atoms with van der Waals surface area (Å²) >= 11 is 0. The monoisotopic (exact) mass is 380 g/mol. The van der Waals surface area contributed by atoms with Crippen molar-refractivity contribution in [2.45, 2.75) is 6.42 Å². The van der Waals surface area contributed by atoms with Gasteiger partial charge in [0.05, 0.1) is 14.2 Å². The van der Waals surface area contributed by atoms with Gasteiger partial charge < -0.3 is 19.1 Å². The van der Waals surface area contributed by atoms with E-state index >= 15 is 0 Å². The summed E-state index contributed by atoms with van der Waals surface area (Å²) in [7, 11) is 3.22. The Morgan fingerprint density at radius 2 is 1.79 bits per heavy atom. The first-order chi connectivity index (χ1) is 13.6. The normalized spacial score (nSPS) is 14.2. The van der Waals surface area contributed by atoms with Gasteiger partial charge in [-0.1, -0.05) is 12.1 Å². The molecule has 0 bridgehead atoms. The van der Waals surface area contributed by atoms with Crippen LogP contribution in [0, 0.1) is 5.21 Å². The van der Waals surface area contributed by atoms with Crippen LogP contribution in [0.1, 0.15) is 16.9 Å². The molecule has 2 aromatic carbocycles. The number of methoxy groups -OCH3 is 2. The maximum atomic E-state index is 11.2. The summed E-state index contributed by atoms with van der Waals surface area (Å²) in [5.74, 6) is 2.54. The van der Waals surface area contributed by atoms with E-state index in [2.05, 4.69) is 4.99 Å². The van der Waals surface area contributed by atoms with E-state index in [-0.39, 0.29) is 5.69 Å². The number of quaternary nitrogens is 1. The highest BCUT2D eigenvalue weighted by molar-refractivity contribution is 6.13. The fraction of sp³-hybridized carbons (Fsp3) is 0.190. The van der Waals surface area contributed by atoms with Crippen LogP contribution in [-0.2, 0) is 6.42 Å². The van der Waals surface area contributed by atoms with Gasteiger partial charge in [-0.3, -0.25) is 4.99 Å². The molecule has 28 heavy (non-hydrogen) atoms. The number of nitrogens with one attached hydrogen (secondary N) is 1. The van der Waals surface area contributed by atoms with Crippen LogP contribution in [0.5, 0.6) is 11.5 Å². The average Bonchev–Trinajstić information content (AvgIpc) is 3.22. The highest BCUT2D eigenvalue weighted by Gasteiger charge is 2.22. The first-order valence-electron chi connectivity index (χ1n) is 8.84. The number of hydrogen-bond acceptors (Lipinski definition) is 6. The van der Waals surface area contributed by atoms with Gasteiger partial charge in [-0.05, 0) is 36.2 Å². The molecule has 3 aromatic rings. The average molecular weight is 380 g/mol. The van der Waals surface area contributed by atoms with Crippen molar-refractivity contribution < 1.29 is 24.3 Å². The van der Waals surface area contributed by atoms with Gasteiger partial charge in [0.1, 0.15) is 11.5 Å². The third-order valence-electron chi connectivity index (χ3n) is 4.75. The molecule has 0 saturated heterocycles. The van der Waals surface area contributed by atoms with Crippen LogP contribution in [0.4, 0.5) is 5.69 Å². The summed E-state index contributed by atoms with van der Waals surface area (Å²) in [6.07, 6.45) is 0.813. The van der Waals surface area contributed by atoms with E-state index in [9.17, 15) is 10.4 Å². The Kier molecular flexibility index (Phi) is 4.87. The Labute approximate surface area is 162 Å². The number of hydrogen-bond donors (Lipinski definition) is 2. The molecule has 0 spiro atoms. The molecule has 7 nitrogen and oxygen atoms in total. The molecule has 0 aliphatic carbocycles. The molecule has 0 radical (unpaired) electrons. The molecule has 0 saturated carbocycles. The second-order valence-electron chi connectivity index (χ2n) is 6.39. The predicted molar refractivity (Wildman–Crippen MR) is 104 cm³/mol. The van der Waals surface area contributed by atoms with Crippen molar-refractivity contribution in [1.29, 1.82) is 0 Å². The highest BCUT2D eigenvalue weighted by atomic mass is 16.8. The lowest BCUT2D eigenvalue weighted by Crippen LogP contribution is -2.99. The SMILES string of the molecule is COc1cc2c(cc1OC)C(c1ccc(-c3cccc([NH+]([O-])O)c3)o1)=NCC2. The van der Waals surface area contributed by atoms with E-state index in [0.717, 1.165) is 23.3 Å². The summed E-state index contributed by atoms with van der Waals surface area (Å²) < 4.78 is 16.9. The molecule has 1 unspecified atom stereocenters. The van der Waals surface area contributed by atoms with Crippen LogP contribution < -0.4 is 14.7 Å². The Hall–Kier alpha value is -3.13. The molecule has 4 rings (SSSR count). The van der Waals surface area contributed by atoms with E-state index in [1.165, 1.54) is 0 Å². The summed E-state index contributed by atoms with van der Waals surface area (Å²) in [4.78, 5) is 4.66. The van der Waals surface area contributed by atoms with Crippen LogP contribution in [0.25, 0.3) is 11.3 Å². The molecule has 144 valence electrons. The fourth-order valence-corrected chi connectivity index (χ4v) is 3.36. The molecule has 1 aliphatic heterocycles. The van der Waals surface area contributed by atoms with Crippen LogP contribution >= 0.6 is 0 Å². The lowest BCUT2D eigenvalue weighted by atomic mass is 9.95. The highest BCUT2D eigenvalue weighted by Crippen LogP contribution is 2.34. The quantitative estimate of drug-likeness (QED) is 0.664. The first kappa shape index (κ1) is 18.2. The maximum absolute atomic E-state index is 11.2. The Bertz CT molecular complexity index is 1040. The maximum Gasteiger partial charge on any atom is 0.164 e. The van der Waals surface area contributed by atoms with Crippen molar-refractivity contribution in [3.63, 3.8) is 0 Å². The minimum absolute atomic E-state index is 0.215. The molecule has 0 amide bonds. The number of aliphatic imine (C=N–C) groups is 1. The molecule has 2 N–H and O–H groups in total. The number of benzene rings is 2. The van der Waals surface area contributed by atoms with Crippen molar-refractivity contribution in [2.24, 2.45) is 4.99 Å². The van der Waals surface area contributed by atoms with Gasteiger partial charge in [0, 0.05) is 29.8 Å². The zero-order chi connectivity index (χ0) is 19.7. The number of rotatable bonds is 5. The predicted octanol–water partition coefficient (Wildman–Crippen LogP) is 2.76. The van der Waals surface area contributed by atoms with Gasteiger partial charge in [0.25, 0.3) is 0 Å². The van der Waals surface area contributed by atoms with Crippen molar-refractivity contribution in [3.05, 3.63) is 70.6 Å². The molecule has 1 aliphatic rings. The van der Waals surface area contributed by atoms with E-state index in [1.807, 2.05) is 30.3 Å². The van der Waals surface area contributed by atoms with E-state index < -0.39 is 5.23 Å². The Morgan fingerprint density at radius 1 is 1.04 bits per heavy atom. The third kappa shape index (κ3) is 3.27. The van der Waals surface area contributed by atoms with E-state index in [4.69, 9.17) is 13.9 Å². The standard InChI is InChI=1S/C21H20N2O5/c1-26-19-11-13-8-9-22-21(16(13)12-20(19)27-2)18-7-6-17(28-18)14-4-3-5-15(10-14)23(24)25/h3-7,10-12,23-24H,8-9H2,1-2H3. The van der Waals surface area contributed by atoms with Crippen LogP contribution in [0.2, 0.25) is 0 Å². The van der Waals surface area contributed by atoms with Crippen molar-refractivity contribution in [2.75, 3.05) is 20.8 Å². The van der Waals surface area contributed by atoms with Gasteiger partial charge >= 0.3 is 0 Å². The zero-order valence-corrected chi connectivity index (χ0v) is 15.6. The molecule has 7 heteroatoms. The van der Waals surface area contributed by atoms with Crippen LogP contribution in [0.3, 0.4) is 0 Å². The molecule has 1 aromatic heterocycles. The second-order valence-corrected chi connectivity index (χ2v) is 6.39. The van der Waals surface area contributed by atoms with Crippen molar-refractivity contribution in [1.82, 2.24) is 0 Å². The minimum Gasteiger partial charge on any atom is -0.595 e. The molecule has 2 heterocycles. The van der Waals surface area contributed by atoms with E-state index in [0.29, 0.717) is 35.1 Å². The van der Waals surface area contributed by atoms with Crippen molar-refractivity contribution in [3.8, 4) is 22.8 Å². The van der Waals surface area contributed by atoms with Crippen molar-refractivity contribution >= 4 is 11.4 Å². The number of fused-ring (bicyclic) bond motifs is 1. The largest absolute Gasteiger partial charge is 0.595 e. The molecular weight excluding hydrogens is 360 g/mol. The second kappa shape index (κ2) is 7.47. The number of nitrogens with zero attached hydrogens (tertiary/aromatic N) is 1. The lowest BCUT2D eigenvalue weighted by molar-refractivity contribution is -0.991. The number of ether oxygens (including phenoxy) is 2. The summed E-state index contributed by atoms with van der Waals surface area (Å²) in [5, 5.41) is 19.4. The molecular formula is C21H20N2O5. The molecule has 0 fully saturated rings. The van der Waals surface area contributed by atoms with E-state index in [1.54, 1.807) is 32.4 Å². The summed E-state index contributed by atoms with van der Waals surface area (Å²) in [5.41, 5.74) is 3.74. The first-order valence-corrected chi connectivity index (χ1v) is 8.84. The minimum atomic E-state index is -0.972. The molecule has 1 atom stereocenters. The fourth-order valence-electron chi connectivity index (χ4n) is 3.36. The smallest absolute Gasteiger partial charge is 0.164 e. The van der Waals surface area contributed by atoms with Gasteiger partial charge in [-0.25, -0.2) is 5.21 Å². The topological polar surface area (TPSA) is 91.7 Å². The van der Waals surface area contributed by atoms with Crippen LogP contribution in [-0.4, -0.2) is 31.7 Å². The van der Waals surface area contributed by atoms with Gasteiger partial charge in [0.2, 0.25) is 0 Å². The lowest BCUT2D eigenvalue weighted by Gasteiger charge is -2.18. The Balaban J connectivity index is 1.72. The van der Waals surface area contributed by atoms with Gasteiger partial charge in [-0.15, -0.1) is 0 Å². The summed E-state index contributed by atoms with van der Waals surface area (Å²) in [6.45, 7) is 0.655. The zero-order valence-electron chi connectivity index (χ0n) is 15.6. The van der Waals surface area contributed by atoms with Crippen LogP contribution in [0.15, 0.2) is 57.9 Å². The van der Waals surface area contributed by atoms with Gasteiger partial charge in [-0.2, -0.15) is 5.23 Å². The van der Waals surface area contributed by atoms with Gasteiger partial charge in [0.15, 0.2) is 22.9 Å².